The predicted molar refractivity (Wildman–Crippen MR) is 72.1 cm³/mol. The normalized spacial score (nSPS) is 10.1. The number of para-hydroxylation sites is 1. The van der Waals surface area contributed by atoms with Crippen LogP contribution in [-0.4, -0.2) is 5.24 Å². The summed E-state index contributed by atoms with van der Waals surface area (Å²) < 4.78 is 5.62. The van der Waals surface area contributed by atoms with Crippen LogP contribution in [0.3, 0.4) is 0 Å². The molecule has 0 unspecified atom stereocenters. The van der Waals surface area contributed by atoms with E-state index >= 15 is 0 Å². The molecule has 0 aromatic heterocycles. The van der Waals surface area contributed by atoms with E-state index in [1.807, 2.05) is 37.3 Å². The second-order valence-electron chi connectivity index (χ2n) is 4.04. The Hall–Kier alpha value is -1.80. The molecule has 0 amide bonds. The van der Waals surface area contributed by atoms with Crippen LogP contribution in [0.1, 0.15) is 21.5 Å². The maximum Gasteiger partial charge on any atom is 0.256 e. The van der Waals surface area contributed by atoms with E-state index < -0.39 is 5.24 Å². The fourth-order valence-electron chi connectivity index (χ4n) is 1.60. The molecule has 18 heavy (non-hydrogen) atoms. The highest BCUT2D eigenvalue weighted by molar-refractivity contribution is 6.68. The summed E-state index contributed by atoms with van der Waals surface area (Å²) in [5.41, 5.74) is 2.65. The first-order valence-electron chi connectivity index (χ1n) is 5.64. The summed E-state index contributed by atoms with van der Waals surface area (Å²) in [6, 6.07) is 15.0. The molecule has 0 aliphatic heterocycles. The van der Waals surface area contributed by atoms with Crippen LogP contribution < -0.4 is 4.74 Å². The van der Waals surface area contributed by atoms with E-state index in [-0.39, 0.29) is 0 Å². The minimum atomic E-state index is -0.505. The number of hydrogen-bond donors (Lipinski definition) is 0. The molecule has 2 aromatic carbocycles. The zero-order valence-electron chi connectivity index (χ0n) is 10.0. The largest absolute Gasteiger partial charge is 0.488 e. The highest BCUT2D eigenvalue weighted by atomic mass is 35.5. The molecule has 3 heteroatoms. The standard InChI is InChI=1S/C15H13ClO2/c1-11-6-8-12(9-7-11)10-18-14-5-3-2-4-13(14)15(16)17/h2-9H,10H2,1H3. The van der Waals surface area contributed by atoms with Gasteiger partial charge in [0.25, 0.3) is 5.24 Å². The summed E-state index contributed by atoms with van der Waals surface area (Å²) in [7, 11) is 0. The second-order valence-corrected chi connectivity index (χ2v) is 4.39. The molecule has 2 aromatic rings. The van der Waals surface area contributed by atoms with Gasteiger partial charge in [0.1, 0.15) is 12.4 Å². The Morgan fingerprint density at radius 3 is 2.44 bits per heavy atom. The van der Waals surface area contributed by atoms with Crippen LogP contribution in [0.4, 0.5) is 0 Å². The molecular weight excluding hydrogens is 248 g/mol. The van der Waals surface area contributed by atoms with E-state index in [4.69, 9.17) is 16.3 Å². The first-order chi connectivity index (χ1) is 8.66. The van der Waals surface area contributed by atoms with E-state index in [1.54, 1.807) is 18.2 Å². The molecule has 2 nitrogen and oxygen atoms in total. The van der Waals surface area contributed by atoms with Crippen molar-refractivity contribution >= 4 is 16.8 Å². The average Bonchev–Trinajstić information content (AvgIpc) is 2.38. The van der Waals surface area contributed by atoms with Crippen molar-refractivity contribution < 1.29 is 9.53 Å². The average molecular weight is 261 g/mol. The van der Waals surface area contributed by atoms with E-state index in [0.717, 1.165) is 5.56 Å². The van der Waals surface area contributed by atoms with Crippen molar-refractivity contribution in [1.82, 2.24) is 0 Å². The van der Waals surface area contributed by atoms with Gasteiger partial charge in [-0.25, -0.2) is 0 Å². The minimum Gasteiger partial charge on any atom is -0.488 e. The fourth-order valence-corrected chi connectivity index (χ4v) is 1.76. The summed E-state index contributed by atoms with van der Waals surface area (Å²) in [6.07, 6.45) is 0. The SMILES string of the molecule is Cc1ccc(COc2ccccc2C(=O)Cl)cc1. The summed E-state index contributed by atoms with van der Waals surface area (Å²) in [5, 5.41) is -0.505. The summed E-state index contributed by atoms with van der Waals surface area (Å²) in [4.78, 5) is 11.2. The Morgan fingerprint density at radius 1 is 1.11 bits per heavy atom. The summed E-state index contributed by atoms with van der Waals surface area (Å²) >= 11 is 5.49. The number of hydrogen-bond acceptors (Lipinski definition) is 2. The Kier molecular flexibility index (Phi) is 4.00. The van der Waals surface area contributed by atoms with E-state index in [0.29, 0.717) is 17.9 Å². The molecule has 0 atom stereocenters. The van der Waals surface area contributed by atoms with Crippen LogP contribution >= 0.6 is 11.6 Å². The van der Waals surface area contributed by atoms with Crippen LogP contribution in [-0.2, 0) is 6.61 Å². The van der Waals surface area contributed by atoms with Gasteiger partial charge in [0.15, 0.2) is 0 Å². The molecule has 0 radical (unpaired) electrons. The fraction of sp³-hybridized carbons (Fsp3) is 0.133. The van der Waals surface area contributed by atoms with Crippen molar-refractivity contribution in [3.8, 4) is 5.75 Å². The van der Waals surface area contributed by atoms with Gasteiger partial charge in [-0.05, 0) is 36.2 Å². The van der Waals surface area contributed by atoms with Gasteiger partial charge < -0.3 is 4.74 Å². The van der Waals surface area contributed by atoms with Gasteiger partial charge in [0.05, 0.1) is 5.56 Å². The van der Waals surface area contributed by atoms with Crippen LogP contribution in [0.5, 0.6) is 5.75 Å². The Balaban J connectivity index is 2.10. The third-order valence-electron chi connectivity index (χ3n) is 2.61. The van der Waals surface area contributed by atoms with Crippen molar-refractivity contribution in [3.05, 3.63) is 65.2 Å². The molecule has 0 bridgehead atoms. The zero-order chi connectivity index (χ0) is 13.0. The molecule has 0 N–H and O–H groups in total. The van der Waals surface area contributed by atoms with Crippen molar-refractivity contribution in [2.45, 2.75) is 13.5 Å². The number of ether oxygens (including phenoxy) is 1. The molecule has 0 heterocycles. The Bertz CT molecular complexity index is 547. The van der Waals surface area contributed by atoms with Gasteiger partial charge in [-0.1, -0.05) is 42.0 Å². The Labute approximate surface area is 111 Å². The van der Waals surface area contributed by atoms with Crippen molar-refractivity contribution in [1.29, 1.82) is 0 Å². The number of halogens is 1. The maximum atomic E-state index is 11.2. The second kappa shape index (κ2) is 5.69. The van der Waals surface area contributed by atoms with Crippen LogP contribution in [0.2, 0.25) is 0 Å². The van der Waals surface area contributed by atoms with E-state index in [2.05, 4.69) is 0 Å². The van der Waals surface area contributed by atoms with Gasteiger partial charge in [-0.3, -0.25) is 4.79 Å². The number of carbonyl (C=O) groups is 1. The van der Waals surface area contributed by atoms with Gasteiger partial charge >= 0.3 is 0 Å². The van der Waals surface area contributed by atoms with Gasteiger partial charge in [0.2, 0.25) is 0 Å². The third-order valence-corrected chi connectivity index (χ3v) is 2.82. The molecule has 2 rings (SSSR count). The quantitative estimate of drug-likeness (QED) is 0.778. The molecule has 0 aliphatic rings. The topological polar surface area (TPSA) is 26.3 Å². The number of carbonyl (C=O) groups excluding carboxylic acids is 1. The molecule has 92 valence electrons. The number of rotatable bonds is 4. The van der Waals surface area contributed by atoms with Crippen LogP contribution in [0.25, 0.3) is 0 Å². The van der Waals surface area contributed by atoms with E-state index in [1.165, 1.54) is 5.56 Å². The lowest BCUT2D eigenvalue weighted by Gasteiger charge is -2.09. The third kappa shape index (κ3) is 3.11. The minimum absolute atomic E-state index is 0.395. The zero-order valence-corrected chi connectivity index (χ0v) is 10.8. The lowest BCUT2D eigenvalue weighted by atomic mass is 10.1. The Morgan fingerprint density at radius 2 is 1.78 bits per heavy atom. The van der Waals surface area contributed by atoms with Gasteiger partial charge in [-0.15, -0.1) is 0 Å². The maximum absolute atomic E-state index is 11.2. The van der Waals surface area contributed by atoms with Gasteiger partial charge in [-0.2, -0.15) is 0 Å². The molecular formula is C15H13ClO2. The van der Waals surface area contributed by atoms with Crippen molar-refractivity contribution in [2.75, 3.05) is 0 Å². The molecule has 0 saturated heterocycles. The van der Waals surface area contributed by atoms with Crippen molar-refractivity contribution in [3.63, 3.8) is 0 Å². The van der Waals surface area contributed by atoms with Crippen LogP contribution in [0.15, 0.2) is 48.5 Å². The van der Waals surface area contributed by atoms with Crippen molar-refractivity contribution in [2.24, 2.45) is 0 Å². The molecule has 0 aliphatic carbocycles. The monoisotopic (exact) mass is 260 g/mol. The summed E-state index contributed by atoms with van der Waals surface area (Å²) in [6.45, 7) is 2.45. The summed E-state index contributed by atoms with van der Waals surface area (Å²) in [5.74, 6) is 0.512. The number of aryl methyl sites for hydroxylation is 1. The molecule has 0 fully saturated rings. The number of benzene rings is 2. The molecule has 0 spiro atoms. The lowest BCUT2D eigenvalue weighted by molar-refractivity contribution is 0.107. The van der Waals surface area contributed by atoms with E-state index in [9.17, 15) is 4.79 Å². The highest BCUT2D eigenvalue weighted by Gasteiger charge is 2.09. The highest BCUT2D eigenvalue weighted by Crippen LogP contribution is 2.21. The van der Waals surface area contributed by atoms with Gasteiger partial charge in [0, 0.05) is 0 Å². The first-order valence-corrected chi connectivity index (χ1v) is 6.02. The molecule has 0 saturated carbocycles. The smallest absolute Gasteiger partial charge is 0.256 e. The lowest BCUT2D eigenvalue weighted by Crippen LogP contribution is -2.00. The predicted octanol–water partition coefficient (Wildman–Crippen LogP) is 3.95. The first kappa shape index (κ1) is 12.7. The van der Waals surface area contributed by atoms with Crippen LogP contribution in [0, 0.1) is 6.92 Å².